The molecule has 0 fully saturated rings. The van der Waals surface area contributed by atoms with Crippen molar-refractivity contribution in [2.24, 2.45) is 0 Å². The van der Waals surface area contributed by atoms with Crippen LogP contribution in [0.2, 0.25) is 0 Å². The van der Waals surface area contributed by atoms with Crippen molar-refractivity contribution in [3.05, 3.63) is 0 Å². The van der Waals surface area contributed by atoms with Gasteiger partial charge in [-0.15, -0.1) is 0 Å². The van der Waals surface area contributed by atoms with Gasteiger partial charge in [0.05, 0.1) is 4.83 Å². The third-order valence-electron chi connectivity index (χ3n) is 1.99. The molecular formula is C10H20BrNO. The highest BCUT2D eigenvalue weighted by Crippen LogP contribution is 2.14. The summed E-state index contributed by atoms with van der Waals surface area (Å²) in [6.07, 6.45) is 0.842. The molecule has 0 N–H and O–H groups in total. The van der Waals surface area contributed by atoms with Crippen molar-refractivity contribution in [1.29, 1.82) is 0 Å². The Morgan fingerprint density at radius 1 is 1.23 bits per heavy atom. The van der Waals surface area contributed by atoms with Crippen LogP contribution in [-0.4, -0.2) is 27.7 Å². The fourth-order valence-corrected chi connectivity index (χ4v) is 1.68. The van der Waals surface area contributed by atoms with Crippen LogP contribution in [0.5, 0.6) is 0 Å². The molecule has 0 aliphatic heterocycles. The van der Waals surface area contributed by atoms with Gasteiger partial charge in [-0.05, 0) is 34.1 Å². The van der Waals surface area contributed by atoms with Gasteiger partial charge in [0.1, 0.15) is 0 Å². The van der Waals surface area contributed by atoms with Crippen LogP contribution in [-0.2, 0) is 4.79 Å². The molecule has 0 saturated carbocycles. The van der Waals surface area contributed by atoms with Crippen LogP contribution in [0.3, 0.4) is 0 Å². The van der Waals surface area contributed by atoms with Gasteiger partial charge in [0, 0.05) is 12.1 Å². The third-order valence-corrected chi connectivity index (χ3v) is 3.03. The first kappa shape index (κ1) is 12.9. The highest BCUT2D eigenvalue weighted by atomic mass is 79.9. The highest BCUT2D eigenvalue weighted by Gasteiger charge is 2.24. The van der Waals surface area contributed by atoms with E-state index >= 15 is 0 Å². The van der Waals surface area contributed by atoms with Gasteiger partial charge in [-0.3, -0.25) is 4.79 Å². The van der Waals surface area contributed by atoms with E-state index in [1.54, 1.807) is 0 Å². The number of carbonyl (C=O) groups excluding carboxylic acids is 1. The normalized spacial score (nSPS) is 13.5. The summed E-state index contributed by atoms with van der Waals surface area (Å²) in [5, 5.41) is 0. The van der Waals surface area contributed by atoms with Crippen molar-refractivity contribution < 1.29 is 4.79 Å². The average Bonchev–Trinajstić information content (AvgIpc) is 2.01. The number of rotatable bonds is 4. The van der Waals surface area contributed by atoms with Crippen LogP contribution in [0.25, 0.3) is 0 Å². The Labute approximate surface area is 89.8 Å². The van der Waals surface area contributed by atoms with Crippen molar-refractivity contribution in [2.75, 3.05) is 0 Å². The predicted octanol–water partition coefficient (Wildman–Crippen LogP) is 2.81. The topological polar surface area (TPSA) is 20.3 Å². The van der Waals surface area contributed by atoms with Crippen LogP contribution in [0.15, 0.2) is 0 Å². The van der Waals surface area contributed by atoms with Crippen molar-refractivity contribution in [2.45, 2.75) is 58.0 Å². The first-order valence-corrected chi connectivity index (χ1v) is 5.79. The molecule has 0 aromatic rings. The lowest BCUT2D eigenvalue weighted by Crippen LogP contribution is -2.45. The van der Waals surface area contributed by atoms with Gasteiger partial charge in [-0.25, -0.2) is 0 Å². The quantitative estimate of drug-likeness (QED) is 0.702. The first-order chi connectivity index (χ1) is 5.91. The maximum Gasteiger partial charge on any atom is 0.236 e. The molecule has 13 heavy (non-hydrogen) atoms. The Balaban J connectivity index is 4.46. The molecule has 0 spiro atoms. The number of alkyl halides is 1. The summed E-state index contributed by atoms with van der Waals surface area (Å²) in [5.41, 5.74) is 0. The standard InChI is InChI=1S/C10H20BrNO/c1-6-9(11)10(13)12(7(2)3)8(4)5/h7-9H,6H2,1-5H3. The SMILES string of the molecule is CCC(Br)C(=O)N(C(C)C)C(C)C. The largest absolute Gasteiger partial charge is 0.337 e. The van der Waals surface area contributed by atoms with E-state index in [0.717, 1.165) is 6.42 Å². The van der Waals surface area contributed by atoms with Crippen molar-refractivity contribution >= 4 is 21.8 Å². The average molecular weight is 250 g/mol. The van der Waals surface area contributed by atoms with E-state index in [1.807, 2.05) is 39.5 Å². The van der Waals surface area contributed by atoms with Crippen LogP contribution in [0.1, 0.15) is 41.0 Å². The predicted molar refractivity (Wildman–Crippen MR) is 60.1 cm³/mol. The van der Waals surface area contributed by atoms with Gasteiger partial charge < -0.3 is 4.90 Å². The van der Waals surface area contributed by atoms with E-state index in [4.69, 9.17) is 0 Å². The second-order valence-electron chi connectivity index (χ2n) is 3.81. The van der Waals surface area contributed by atoms with Gasteiger partial charge >= 0.3 is 0 Å². The lowest BCUT2D eigenvalue weighted by Gasteiger charge is -2.32. The summed E-state index contributed by atoms with van der Waals surface area (Å²) in [6.45, 7) is 10.2. The molecule has 1 unspecified atom stereocenters. The molecule has 0 radical (unpaired) electrons. The van der Waals surface area contributed by atoms with Gasteiger partial charge in [-0.2, -0.15) is 0 Å². The maximum absolute atomic E-state index is 11.8. The second kappa shape index (κ2) is 5.63. The Kier molecular flexibility index (Phi) is 5.61. The molecule has 0 bridgehead atoms. The maximum atomic E-state index is 11.8. The van der Waals surface area contributed by atoms with Gasteiger partial charge in [-0.1, -0.05) is 22.9 Å². The van der Waals surface area contributed by atoms with E-state index in [1.165, 1.54) is 0 Å². The molecule has 2 nitrogen and oxygen atoms in total. The van der Waals surface area contributed by atoms with Crippen LogP contribution >= 0.6 is 15.9 Å². The molecule has 0 rings (SSSR count). The lowest BCUT2D eigenvalue weighted by atomic mass is 10.2. The van der Waals surface area contributed by atoms with Crippen molar-refractivity contribution in [3.8, 4) is 0 Å². The monoisotopic (exact) mass is 249 g/mol. The lowest BCUT2D eigenvalue weighted by molar-refractivity contribution is -0.134. The number of nitrogens with zero attached hydrogens (tertiary/aromatic N) is 1. The van der Waals surface area contributed by atoms with E-state index < -0.39 is 0 Å². The summed E-state index contributed by atoms with van der Waals surface area (Å²) < 4.78 is 0. The van der Waals surface area contributed by atoms with Crippen LogP contribution < -0.4 is 0 Å². The summed E-state index contributed by atoms with van der Waals surface area (Å²) in [5.74, 6) is 0.201. The first-order valence-electron chi connectivity index (χ1n) is 4.88. The Hall–Kier alpha value is -0.0500. The Bertz CT molecular complexity index is 160. The number of hydrogen-bond acceptors (Lipinski definition) is 1. The number of hydrogen-bond donors (Lipinski definition) is 0. The number of halogens is 1. The molecule has 0 aromatic heterocycles. The zero-order chi connectivity index (χ0) is 10.6. The van der Waals surface area contributed by atoms with E-state index in [9.17, 15) is 4.79 Å². The number of carbonyl (C=O) groups is 1. The fourth-order valence-electron chi connectivity index (χ4n) is 1.44. The molecule has 0 heterocycles. The summed E-state index contributed by atoms with van der Waals surface area (Å²) in [6, 6.07) is 0.554. The Morgan fingerprint density at radius 3 is 1.85 bits per heavy atom. The molecule has 1 amide bonds. The smallest absolute Gasteiger partial charge is 0.236 e. The summed E-state index contributed by atoms with van der Waals surface area (Å²) in [7, 11) is 0. The molecule has 0 saturated heterocycles. The minimum absolute atomic E-state index is 0.0303. The highest BCUT2D eigenvalue weighted by molar-refractivity contribution is 9.10. The molecule has 0 aliphatic rings. The molecule has 0 aromatic carbocycles. The minimum atomic E-state index is -0.0303. The van der Waals surface area contributed by atoms with Gasteiger partial charge in [0.15, 0.2) is 0 Å². The van der Waals surface area contributed by atoms with Crippen LogP contribution in [0.4, 0.5) is 0 Å². The summed E-state index contributed by atoms with van der Waals surface area (Å²) in [4.78, 5) is 13.7. The molecule has 1 atom stereocenters. The minimum Gasteiger partial charge on any atom is -0.337 e. The van der Waals surface area contributed by atoms with E-state index in [2.05, 4.69) is 15.9 Å². The zero-order valence-electron chi connectivity index (χ0n) is 9.17. The molecule has 3 heteroatoms. The van der Waals surface area contributed by atoms with E-state index in [-0.39, 0.29) is 22.8 Å². The second-order valence-corrected chi connectivity index (χ2v) is 4.91. The van der Waals surface area contributed by atoms with Crippen LogP contribution in [0, 0.1) is 0 Å². The molecular weight excluding hydrogens is 230 g/mol. The number of amides is 1. The fraction of sp³-hybridized carbons (Fsp3) is 0.900. The van der Waals surface area contributed by atoms with Crippen molar-refractivity contribution in [1.82, 2.24) is 4.90 Å². The van der Waals surface area contributed by atoms with E-state index in [0.29, 0.717) is 0 Å². The Morgan fingerprint density at radius 2 is 1.62 bits per heavy atom. The van der Waals surface area contributed by atoms with Crippen molar-refractivity contribution in [3.63, 3.8) is 0 Å². The molecule has 0 aliphatic carbocycles. The molecule has 78 valence electrons. The summed E-state index contributed by atoms with van der Waals surface area (Å²) >= 11 is 3.39. The van der Waals surface area contributed by atoms with Gasteiger partial charge in [0.2, 0.25) is 5.91 Å². The third kappa shape index (κ3) is 3.67. The van der Waals surface area contributed by atoms with Gasteiger partial charge in [0.25, 0.3) is 0 Å². The zero-order valence-corrected chi connectivity index (χ0v) is 10.8.